The fourth-order valence-corrected chi connectivity index (χ4v) is 0.563. The van der Waals surface area contributed by atoms with Crippen LogP contribution in [0.5, 0.6) is 0 Å². The summed E-state index contributed by atoms with van der Waals surface area (Å²) in [5.41, 5.74) is 0. The molecule has 0 fully saturated rings. The van der Waals surface area contributed by atoms with Crippen molar-refractivity contribution in [2.24, 2.45) is 0 Å². The minimum atomic E-state index is -0.314. The summed E-state index contributed by atoms with van der Waals surface area (Å²) in [4.78, 5) is 10.9. The van der Waals surface area contributed by atoms with E-state index in [1.807, 2.05) is 0 Å². The van der Waals surface area contributed by atoms with Crippen LogP contribution in [0.3, 0.4) is 0 Å². The van der Waals surface area contributed by atoms with Crippen molar-refractivity contribution < 1.29 is 9.53 Å². The number of hydrogen-bond acceptors (Lipinski definition) is 3. The molecule has 0 aliphatic carbocycles. The van der Waals surface area contributed by atoms with Crippen LogP contribution in [0.1, 0.15) is 13.8 Å². The van der Waals surface area contributed by atoms with Crippen molar-refractivity contribution in [1.29, 1.82) is 0 Å². The van der Waals surface area contributed by atoms with Crippen LogP contribution in [0.4, 0.5) is 0 Å². The third-order valence-corrected chi connectivity index (χ3v) is 1.15. The predicted molar refractivity (Wildman–Crippen MR) is 42.9 cm³/mol. The van der Waals surface area contributed by atoms with Gasteiger partial charge < -0.3 is 4.74 Å². The number of carbonyl (C=O) groups excluding carboxylic acids is 1. The molecule has 0 aliphatic heterocycles. The standard InChI is InChI=1S/C8H13NO2/c1-4-6-9-7(3)8(10)11-5-2/h1,7,9H,5-6H2,2-3H3. The second-order valence-corrected chi connectivity index (χ2v) is 2.06. The van der Waals surface area contributed by atoms with Gasteiger partial charge in [-0.05, 0) is 13.8 Å². The zero-order chi connectivity index (χ0) is 8.69. The zero-order valence-electron chi connectivity index (χ0n) is 6.89. The molecule has 0 aromatic rings. The predicted octanol–water partition coefficient (Wildman–Crippen LogP) is 0.161. The molecule has 3 heteroatoms. The number of hydrogen-bond donors (Lipinski definition) is 1. The number of esters is 1. The molecule has 1 atom stereocenters. The van der Waals surface area contributed by atoms with Crippen molar-refractivity contribution in [1.82, 2.24) is 5.32 Å². The molecule has 0 bridgehead atoms. The van der Waals surface area contributed by atoms with Crippen molar-refractivity contribution in [2.45, 2.75) is 19.9 Å². The Hall–Kier alpha value is -1.01. The lowest BCUT2D eigenvalue weighted by Crippen LogP contribution is -2.35. The summed E-state index contributed by atoms with van der Waals surface area (Å²) in [5.74, 6) is 2.12. The lowest BCUT2D eigenvalue weighted by molar-refractivity contribution is -0.145. The van der Waals surface area contributed by atoms with Crippen LogP contribution < -0.4 is 5.32 Å². The Morgan fingerprint density at radius 3 is 2.91 bits per heavy atom. The lowest BCUT2D eigenvalue weighted by atomic mass is 10.3. The summed E-state index contributed by atoms with van der Waals surface area (Å²) in [6.45, 7) is 4.28. The Labute approximate surface area is 67.1 Å². The first kappa shape index (κ1) is 9.99. The second-order valence-electron chi connectivity index (χ2n) is 2.06. The summed E-state index contributed by atoms with van der Waals surface area (Å²) in [6, 6.07) is -0.314. The Balaban J connectivity index is 3.57. The highest BCUT2D eigenvalue weighted by atomic mass is 16.5. The molecule has 0 rings (SSSR count). The number of carbonyl (C=O) groups is 1. The van der Waals surface area contributed by atoms with E-state index >= 15 is 0 Å². The molecule has 1 N–H and O–H groups in total. The molecule has 0 amide bonds. The maximum Gasteiger partial charge on any atom is 0.322 e. The van der Waals surface area contributed by atoms with Gasteiger partial charge in [-0.15, -0.1) is 6.42 Å². The summed E-state index contributed by atoms with van der Waals surface area (Å²) in [7, 11) is 0. The van der Waals surface area contributed by atoms with E-state index in [1.165, 1.54) is 0 Å². The molecule has 0 spiro atoms. The van der Waals surface area contributed by atoms with Crippen LogP contribution >= 0.6 is 0 Å². The largest absolute Gasteiger partial charge is 0.465 e. The van der Waals surface area contributed by atoms with Crippen molar-refractivity contribution in [2.75, 3.05) is 13.2 Å². The highest BCUT2D eigenvalue weighted by Gasteiger charge is 2.11. The Bertz CT molecular complexity index is 160. The lowest BCUT2D eigenvalue weighted by Gasteiger charge is -2.09. The van der Waals surface area contributed by atoms with Gasteiger partial charge in [0, 0.05) is 0 Å². The van der Waals surface area contributed by atoms with Gasteiger partial charge in [0.15, 0.2) is 0 Å². The molecule has 3 nitrogen and oxygen atoms in total. The van der Waals surface area contributed by atoms with E-state index in [-0.39, 0.29) is 12.0 Å². The van der Waals surface area contributed by atoms with E-state index in [2.05, 4.69) is 11.2 Å². The van der Waals surface area contributed by atoms with Gasteiger partial charge in [0.25, 0.3) is 0 Å². The van der Waals surface area contributed by atoms with Gasteiger partial charge in [0.2, 0.25) is 0 Å². The van der Waals surface area contributed by atoms with Crippen LogP contribution in [0.2, 0.25) is 0 Å². The van der Waals surface area contributed by atoms with Crippen LogP contribution in [0.15, 0.2) is 0 Å². The van der Waals surface area contributed by atoms with E-state index in [0.29, 0.717) is 13.2 Å². The summed E-state index contributed by atoms with van der Waals surface area (Å²) in [6.07, 6.45) is 4.99. The minimum absolute atomic E-state index is 0.261. The van der Waals surface area contributed by atoms with E-state index in [0.717, 1.165) is 0 Å². The smallest absolute Gasteiger partial charge is 0.322 e. The van der Waals surface area contributed by atoms with Gasteiger partial charge in [0.05, 0.1) is 13.2 Å². The summed E-state index contributed by atoms with van der Waals surface area (Å²) >= 11 is 0. The second kappa shape index (κ2) is 5.75. The molecule has 11 heavy (non-hydrogen) atoms. The van der Waals surface area contributed by atoms with Crippen molar-refractivity contribution in [3.05, 3.63) is 0 Å². The third kappa shape index (κ3) is 4.40. The number of terminal acetylenes is 1. The van der Waals surface area contributed by atoms with Gasteiger partial charge in [-0.1, -0.05) is 5.92 Å². The van der Waals surface area contributed by atoms with Crippen LogP contribution in [-0.2, 0) is 9.53 Å². The molecule has 0 heterocycles. The van der Waals surface area contributed by atoms with Gasteiger partial charge >= 0.3 is 5.97 Å². The first-order chi connectivity index (χ1) is 5.22. The van der Waals surface area contributed by atoms with Gasteiger partial charge in [-0.25, -0.2) is 0 Å². The van der Waals surface area contributed by atoms with Gasteiger partial charge in [-0.2, -0.15) is 0 Å². The van der Waals surface area contributed by atoms with Crippen LogP contribution in [0, 0.1) is 12.3 Å². The van der Waals surface area contributed by atoms with E-state index in [4.69, 9.17) is 11.2 Å². The topological polar surface area (TPSA) is 38.3 Å². The molecule has 62 valence electrons. The van der Waals surface area contributed by atoms with Crippen molar-refractivity contribution >= 4 is 5.97 Å². The highest BCUT2D eigenvalue weighted by molar-refractivity contribution is 5.75. The first-order valence-corrected chi connectivity index (χ1v) is 3.55. The van der Waals surface area contributed by atoms with Gasteiger partial charge in [0.1, 0.15) is 6.04 Å². The molecule has 1 unspecified atom stereocenters. The fourth-order valence-electron chi connectivity index (χ4n) is 0.563. The fraction of sp³-hybridized carbons (Fsp3) is 0.625. The monoisotopic (exact) mass is 155 g/mol. The molecule has 0 aromatic heterocycles. The van der Waals surface area contributed by atoms with E-state index in [9.17, 15) is 4.79 Å². The molecule has 0 saturated heterocycles. The van der Waals surface area contributed by atoms with Crippen molar-refractivity contribution in [3.8, 4) is 12.3 Å². The normalized spacial score (nSPS) is 11.7. The average molecular weight is 155 g/mol. The summed E-state index contributed by atoms with van der Waals surface area (Å²) in [5, 5.41) is 2.81. The third-order valence-electron chi connectivity index (χ3n) is 1.15. The maximum atomic E-state index is 10.9. The average Bonchev–Trinajstić information content (AvgIpc) is 2.00. The molecule has 0 aliphatic rings. The van der Waals surface area contributed by atoms with E-state index in [1.54, 1.807) is 13.8 Å². The molecule has 0 saturated carbocycles. The van der Waals surface area contributed by atoms with Gasteiger partial charge in [-0.3, -0.25) is 10.1 Å². The Morgan fingerprint density at radius 2 is 2.45 bits per heavy atom. The molecule has 0 radical (unpaired) electrons. The van der Waals surface area contributed by atoms with E-state index < -0.39 is 0 Å². The maximum absolute atomic E-state index is 10.9. The number of rotatable bonds is 4. The zero-order valence-corrected chi connectivity index (χ0v) is 6.89. The van der Waals surface area contributed by atoms with Crippen LogP contribution in [-0.4, -0.2) is 25.2 Å². The Morgan fingerprint density at radius 1 is 1.82 bits per heavy atom. The SMILES string of the molecule is C#CCNC(C)C(=O)OCC. The Kier molecular flexibility index (Phi) is 5.22. The molecular weight excluding hydrogens is 142 g/mol. The minimum Gasteiger partial charge on any atom is -0.465 e. The highest BCUT2D eigenvalue weighted by Crippen LogP contribution is 1.86. The molecule has 0 aromatic carbocycles. The molecular formula is C8H13NO2. The summed E-state index contributed by atoms with van der Waals surface area (Å²) < 4.78 is 4.73. The van der Waals surface area contributed by atoms with Crippen LogP contribution in [0.25, 0.3) is 0 Å². The number of nitrogens with one attached hydrogen (secondary N) is 1. The van der Waals surface area contributed by atoms with Crippen molar-refractivity contribution in [3.63, 3.8) is 0 Å². The first-order valence-electron chi connectivity index (χ1n) is 3.55. The number of ether oxygens (including phenoxy) is 1. The quantitative estimate of drug-likeness (QED) is 0.464.